The van der Waals surface area contributed by atoms with E-state index in [0.29, 0.717) is 22.5 Å². The number of carbonyl (C=O) groups excluding carboxylic acids is 2. The third kappa shape index (κ3) is 6.09. The monoisotopic (exact) mass is 457 g/mol. The summed E-state index contributed by atoms with van der Waals surface area (Å²) in [5.74, 6) is -0.483. The summed E-state index contributed by atoms with van der Waals surface area (Å²) in [6, 6.07) is 13.2. The van der Waals surface area contributed by atoms with Gasteiger partial charge >= 0.3 is 0 Å². The Hall–Kier alpha value is -2.87. The number of anilines is 2. The van der Waals surface area contributed by atoms with E-state index in [4.69, 9.17) is 0 Å². The van der Waals surface area contributed by atoms with E-state index < -0.39 is 14.8 Å². The summed E-state index contributed by atoms with van der Waals surface area (Å²) in [6.07, 6.45) is 5.50. The van der Waals surface area contributed by atoms with Crippen molar-refractivity contribution in [3.05, 3.63) is 59.7 Å². The molecule has 0 atom stereocenters. The van der Waals surface area contributed by atoms with Gasteiger partial charge in [-0.1, -0.05) is 25.3 Å². The standard InChI is InChI=1S/C24H31N3O4S/c1-24(2,3)32(30,31)27-20-14-12-17(13-15-20)22(28)26-21-11-7-8-18(16-21)23(29)25-19-9-5-4-6-10-19/h7-8,11-16,19,27H,4-6,9-10H2,1-3H3,(H,25,29)(H,26,28). The maximum absolute atomic E-state index is 12.6. The molecule has 1 aliphatic carbocycles. The molecule has 2 aromatic rings. The van der Waals surface area contributed by atoms with Gasteiger partial charge in [-0.05, 0) is 76.1 Å². The molecule has 1 fully saturated rings. The number of hydrogen-bond donors (Lipinski definition) is 3. The summed E-state index contributed by atoms with van der Waals surface area (Å²) in [4.78, 5) is 25.2. The Morgan fingerprint density at radius 1 is 0.844 bits per heavy atom. The second kappa shape index (κ2) is 9.73. The van der Waals surface area contributed by atoms with E-state index in [2.05, 4.69) is 15.4 Å². The molecule has 3 N–H and O–H groups in total. The molecule has 0 radical (unpaired) electrons. The van der Waals surface area contributed by atoms with Crippen LogP contribution in [0, 0.1) is 0 Å². The van der Waals surface area contributed by atoms with Crippen LogP contribution in [0.15, 0.2) is 48.5 Å². The minimum absolute atomic E-state index is 0.136. The van der Waals surface area contributed by atoms with Crippen LogP contribution in [0.1, 0.15) is 73.6 Å². The zero-order valence-corrected chi connectivity index (χ0v) is 19.6. The molecule has 2 amide bonds. The van der Waals surface area contributed by atoms with Gasteiger partial charge in [0.15, 0.2) is 0 Å². The minimum Gasteiger partial charge on any atom is -0.349 e. The van der Waals surface area contributed by atoms with Crippen molar-refractivity contribution in [1.29, 1.82) is 0 Å². The van der Waals surface area contributed by atoms with Crippen LogP contribution in [0.5, 0.6) is 0 Å². The highest BCUT2D eigenvalue weighted by atomic mass is 32.2. The van der Waals surface area contributed by atoms with Gasteiger partial charge < -0.3 is 10.6 Å². The first kappa shape index (κ1) is 23.8. The zero-order chi connectivity index (χ0) is 23.4. The second-order valence-electron chi connectivity index (χ2n) is 9.14. The highest BCUT2D eigenvalue weighted by molar-refractivity contribution is 7.94. The molecule has 0 heterocycles. The average molecular weight is 458 g/mol. The summed E-state index contributed by atoms with van der Waals surface area (Å²) in [7, 11) is -3.54. The lowest BCUT2D eigenvalue weighted by Gasteiger charge is -2.22. The van der Waals surface area contributed by atoms with E-state index in [-0.39, 0.29) is 17.9 Å². The van der Waals surface area contributed by atoms with Crippen molar-refractivity contribution in [3.63, 3.8) is 0 Å². The topological polar surface area (TPSA) is 104 Å². The summed E-state index contributed by atoms with van der Waals surface area (Å²) in [6.45, 7) is 4.84. The molecule has 0 saturated heterocycles. The first-order valence-corrected chi connectivity index (χ1v) is 12.4. The average Bonchev–Trinajstić information content (AvgIpc) is 2.74. The van der Waals surface area contributed by atoms with Gasteiger partial charge in [-0.2, -0.15) is 0 Å². The van der Waals surface area contributed by atoms with Crippen molar-refractivity contribution in [1.82, 2.24) is 5.32 Å². The van der Waals surface area contributed by atoms with Crippen LogP contribution < -0.4 is 15.4 Å². The van der Waals surface area contributed by atoms with Crippen molar-refractivity contribution in [2.75, 3.05) is 10.0 Å². The van der Waals surface area contributed by atoms with Crippen LogP contribution in [0.4, 0.5) is 11.4 Å². The van der Waals surface area contributed by atoms with Gasteiger partial charge in [-0.3, -0.25) is 14.3 Å². The Morgan fingerprint density at radius 2 is 1.50 bits per heavy atom. The van der Waals surface area contributed by atoms with E-state index in [1.807, 2.05) is 0 Å². The van der Waals surface area contributed by atoms with Gasteiger partial charge in [0.1, 0.15) is 0 Å². The largest absolute Gasteiger partial charge is 0.349 e. The third-order valence-electron chi connectivity index (χ3n) is 5.53. The number of hydrogen-bond acceptors (Lipinski definition) is 4. The molecule has 7 nitrogen and oxygen atoms in total. The Labute approximate surface area is 190 Å². The van der Waals surface area contributed by atoms with Crippen molar-refractivity contribution in [2.24, 2.45) is 0 Å². The van der Waals surface area contributed by atoms with Crippen LogP contribution in [0.3, 0.4) is 0 Å². The number of nitrogens with one attached hydrogen (secondary N) is 3. The predicted molar refractivity (Wildman–Crippen MR) is 127 cm³/mol. The van der Waals surface area contributed by atoms with Gasteiger partial charge in [0.25, 0.3) is 11.8 Å². The van der Waals surface area contributed by atoms with Gasteiger partial charge in [-0.25, -0.2) is 8.42 Å². The summed E-state index contributed by atoms with van der Waals surface area (Å²) in [5.41, 5.74) is 1.78. The highest BCUT2D eigenvalue weighted by Crippen LogP contribution is 2.21. The Kier molecular flexibility index (Phi) is 7.23. The molecule has 0 aliphatic heterocycles. The maximum Gasteiger partial charge on any atom is 0.255 e. The molecule has 2 aromatic carbocycles. The van der Waals surface area contributed by atoms with E-state index in [1.165, 1.54) is 6.42 Å². The van der Waals surface area contributed by atoms with Crippen LogP contribution in [-0.4, -0.2) is 31.0 Å². The molecule has 0 spiro atoms. The van der Waals surface area contributed by atoms with Crippen molar-refractivity contribution >= 4 is 33.2 Å². The van der Waals surface area contributed by atoms with E-state index in [1.54, 1.807) is 69.3 Å². The van der Waals surface area contributed by atoms with Gasteiger partial charge in [0, 0.05) is 28.5 Å². The normalized spacial score (nSPS) is 15.1. The van der Waals surface area contributed by atoms with Crippen molar-refractivity contribution in [2.45, 2.75) is 63.7 Å². The van der Waals surface area contributed by atoms with Crippen LogP contribution in [-0.2, 0) is 10.0 Å². The van der Waals surface area contributed by atoms with Gasteiger partial charge in [0.2, 0.25) is 10.0 Å². The number of benzene rings is 2. The maximum atomic E-state index is 12.6. The molecule has 172 valence electrons. The molecule has 8 heteroatoms. The fourth-order valence-corrected chi connectivity index (χ4v) is 4.21. The quantitative estimate of drug-likeness (QED) is 0.592. The number of sulfonamides is 1. The number of amides is 2. The zero-order valence-electron chi connectivity index (χ0n) is 18.8. The number of rotatable bonds is 6. The molecule has 0 unspecified atom stereocenters. The number of carbonyl (C=O) groups is 2. The first-order valence-electron chi connectivity index (χ1n) is 10.9. The molecular formula is C24H31N3O4S. The van der Waals surface area contributed by atoms with Crippen molar-refractivity contribution in [3.8, 4) is 0 Å². The lowest BCUT2D eigenvalue weighted by Crippen LogP contribution is -2.36. The van der Waals surface area contributed by atoms with Gasteiger partial charge in [-0.15, -0.1) is 0 Å². The first-order chi connectivity index (χ1) is 15.0. The fraction of sp³-hybridized carbons (Fsp3) is 0.417. The van der Waals surface area contributed by atoms with Crippen LogP contribution in [0.25, 0.3) is 0 Å². The predicted octanol–water partition coefficient (Wildman–Crippen LogP) is 4.54. The summed E-state index contributed by atoms with van der Waals surface area (Å²) in [5, 5.41) is 5.87. The van der Waals surface area contributed by atoms with E-state index in [9.17, 15) is 18.0 Å². The Bertz CT molecular complexity index is 1070. The Morgan fingerprint density at radius 3 is 2.12 bits per heavy atom. The van der Waals surface area contributed by atoms with E-state index in [0.717, 1.165) is 25.7 Å². The van der Waals surface area contributed by atoms with Crippen LogP contribution in [0.2, 0.25) is 0 Å². The summed E-state index contributed by atoms with van der Waals surface area (Å²) >= 11 is 0. The van der Waals surface area contributed by atoms with E-state index >= 15 is 0 Å². The van der Waals surface area contributed by atoms with Crippen LogP contribution >= 0.6 is 0 Å². The molecular weight excluding hydrogens is 426 g/mol. The summed E-state index contributed by atoms with van der Waals surface area (Å²) < 4.78 is 26.1. The fourth-order valence-electron chi connectivity index (χ4n) is 3.45. The van der Waals surface area contributed by atoms with Gasteiger partial charge in [0.05, 0.1) is 4.75 Å². The lowest BCUT2D eigenvalue weighted by atomic mass is 9.95. The SMILES string of the molecule is CC(C)(C)S(=O)(=O)Nc1ccc(C(=O)Nc2cccc(C(=O)NC3CCCCC3)c2)cc1. The second-order valence-corrected chi connectivity index (χ2v) is 11.6. The molecule has 1 saturated carbocycles. The molecule has 3 rings (SSSR count). The van der Waals surface area contributed by atoms with Crippen molar-refractivity contribution < 1.29 is 18.0 Å². The Balaban J connectivity index is 1.63. The molecule has 0 bridgehead atoms. The third-order valence-corrected chi connectivity index (χ3v) is 7.65. The minimum atomic E-state index is -3.54. The molecule has 0 aromatic heterocycles. The lowest BCUT2D eigenvalue weighted by molar-refractivity contribution is 0.0926. The molecule has 1 aliphatic rings. The smallest absolute Gasteiger partial charge is 0.255 e. The molecule has 32 heavy (non-hydrogen) atoms. The highest BCUT2D eigenvalue weighted by Gasteiger charge is 2.28.